The zero-order valence-electron chi connectivity index (χ0n) is 13.0. The summed E-state index contributed by atoms with van der Waals surface area (Å²) < 4.78 is 15.0. The number of benzene rings is 1. The van der Waals surface area contributed by atoms with E-state index in [1.54, 1.807) is 19.2 Å². The highest BCUT2D eigenvalue weighted by molar-refractivity contribution is 5.42. The van der Waals surface area contributed by atoms with Crippen molar-refractivity contribution in [2.75, 3.05) is 0 Å². The second-order valence-corrected chi connectivity index (χ2v) is 6.32. The molecule has 0 amide bonds. The monoisotopic (exact) mass is 311 g/mol. The average molecular weight is 311 g/mol. The van der Waals surface area contributed by atoms with E-state index < -0.39 is 0 Å². The molecule has 3 aromatic rings. The third-order valence-corrected chi connectivity index (χ3v) is 4.77. The van der Waals surface area contributed by atoms with Crippen LogP contribution in [0.5, 0.6) is 0 Å². The summed E-state index contributed by atoms with van der Waals surface area (Å²) in [5.74, 6) is 0.154. The lowest BCUT2D eigenvalue weighted by molar-refractivity contribution is 0.408. The molecule has 0 atom stereocenters. The van der Waals surface area contributed by atoms with Crippen LogP contribution in [0.2, 0.25) is 0 Å². The van der Waals surface area contributed by atoms with E-state index in [0.717, 1.165) is 29.7 Å². The van der Waals surface area contributed by atoms with Gasteiger partial charge in [0.05, 0.1) is 5.69 Å². The van der Waals surface area contributed by atoms with Gasteiger partial charge in [0.25, 0.3) is 5.56 Å². The minimum Gasteiger partial charge on any atom is -0.297 e. The number of hydrogen-bond donors (Lipinski definition) is 1. The quantitative estimate of drug-likeness (QED) is 0.806. The fraction of sp³-hybridized carbons (Fsp3) is 0.333. The Bertz CT molecular complexity index is 937. The molecule has 5 heteroatoms. The first kappa shape index (κ1) is 14.2. The van der Waals surface area contributed by atoms with Crippen molar-refractivity contribution >= 4 is 5.65 Å². The van der Waals surface area contributed by atoms with E-state index >= 15 is 0 Å². The maximum absolute atomic E-state index is 13.5. The highest BCUT2D eigenvalue weighted by Gasteiger charge is 2.26. The largest absolute Gasteiger partial charge is 0.297 e. The molecule has 0 spiro atoms. The molecule has 4 rings (SSSR count). The highest BCUT2D eigenvalue weighted by Crippen LogP contribution is 2.36. The van der Waals surface area contributed by atoms with Crippen molar-refractivity contribution in [3.63, 3.8) is 0 Å². The number of nitrogens with zero attached hydrogens (tertiary/aromatic N) is 2. The highest BCUT2D eigenvalue weighted by atomic mass is 19.1. The van der Waals surface area contributed by atoms with E-state index in [0.29, 0.717) is 23.5 Å². The summed E-state index contributed by atoms with van der Waals surface area (Å²) in [4.78, 5) is 17.5. The average Bonchev–Trinajstić information content (AvgIpc) is 2.93. The third-order valence-electron chi connectivity index (χ3n) is 4.77. The zero-order chi connectivity index (χ0) is 16.0. The summed E-state index contributed by atoms with van der Waals surface area (Å²) in [6, 6.07) is 6.83. The Kier molecular flexibility index (Phi) is 3.29. The van der Waals surface area contributed by atoms with Gasteiger partial charge >= 0.3 is 0 Å². The molecule has 1 aliphatic rings. The Morgan fingerprint density at radius 3 is 2.87 bits per heavy atom. The van der Waals surface area contributed by atoms with Crippen LogP contribution in [0, 0.1) is 12.7 Å². The van der Waals surface area contributed by atoms with Crippen LogP contribution in [0.3, 0.4) is 0 Å². The van der Waals surface area contributed by atoms with E-state index in [4.69, 9.17) is 4.98 Å². The van der Waals surface area contributed by atoms with Crippen molar-refractivity contribution in [1.82, 2.24) is 14.6 Å². The molecule has 0 aliphatic heterocycles. The number of halogens is 1. The van der Waals surface area contributed by atoms with Crippen LogP contribution in [0.4, 0.5) is 4.39 Å². The van der Waals surface area contributed by atoms with Gasteiger partial charge in [-0.05, 0) is 37.0 Å². The van der Waals surface area contributed by atoms with Gasteiger partial charge in [0.2, 0.25) is 0 Å². The third kappa shape index (κ3) is 2.36. The van der Waals surface area contributed by atoms with E-state index in [-0.39, 0.29) is 11.4 Å². The van der Waals surface area contributed by atoms with Crippen LogP contribution >= 0.6 is 0 Å². The molecule has 23 heavy (non-hydrogen) atoms. The number of H-pyrrole nitrogens is 1. The standard InChI is InChI=1S/C18H18FN3O/c1-11-9-12(5-6-15(11)19)10-14-17(13-3-2-4-13)21-16-7-8-20-22(16)18(14)23/h5-9,13,20H,2-4,10H2,1H3. The van der Waals surface area contributed by atoms with Gasteiger partial charge in [0.1, 0.15) is 5.82 Å². The molecule has 1 N–H and O–H groups in total. The molecule has 0 unspecified atom stereocenters. The minimum atomic E-state index is -0.220. The number of fused-ring (bicyclic) bond motifs is 1. The maximum Gasteiger partial charge on any atom is 0.276 e. The predicted molar refractivity (Wildman–Crippen MR) is 86.3 cm³/mol. The van der Waals surface area contributed by atoms with Gasteiger partial charge in [-0.1, -0.05) is 18.6 Å². The molecule has 0 bridgehead atoms. The van der Waals surface area contributed by atoms with Gasteiger partial charge in [0, 0.05) is 30.2 Å². The number of hydrogen-bond acceptors (Lipinski definition) is 2. The fourth-order valence-corrected chi connectivity index (χ4v) is 3.22. The Labute approximate surface area is 133 Å². The molecule has 1 fully saturated rings. The van der Waals surface area contributed by atoms with Gasteiger partial charge in [-0.15, -0.1) is 0 Å². The lowest BCUT2D eigenvalue weighted by Gasteiger charge is -2.26. The van der Waals surface area contributed by atoms with Crippen LogP contribution in [-0.4, -0.2) is 14.6 Å². The van der Waals surface area contributed by atoms with Gasteiger partial charge in [-0.2, -0.15) is 0 Å². The number of aromatic nitrogens is 3. The molecular weight excluding hydrogens is 293 g/mol. The molecular formula is C18H18FN3O. The van der Waals surface area contributed by atoms with E-state index in [1.807, 2.05) is 12.1 Å². The topological polar surface area (TPSA) is 50.2 Å². The first-order valence-corrected chi connectivity index (χ1v) is 7.97. The Hall–Kier alpha value is -2.43. The zero-order valence-corrected chi connectivity index (χ0v) is 13.0. The number of nitrogens with one attached hydrogen (secondary N) is 1. The first-order valence-electron chi connectivity index (χ1n) is 7.97. The number of rotatable bonds is 3. The summed E-state index contributed by atoms with van der Waals surface area (Å²) in [5.41, 5.74) is 3.79. The summed E-state index contributed by atoms with van der Waals surface area (Å²) in [7, 11) is 0. The van der Waals surface area contributed by atoms with Crippen LogP contribution in [0.1, 0.15) is 47.6 Å². The van der Waals surface area contributed by atoms with Crippen molar-refractivity contribution in [2.45, 2.75) is 38.5 Å². The Morgan fingerprint density at radius 2 is 2.17 bits per heavy atom. The molecule has 118 valence electrons. The molecule has 2 aromatic heterocycles. The van der Waals surface area contributed by atoms with E-state index in [9.17, 15) is 9.18 Å². The smallest absolute Gasteiger partial charge is 0.276 e. The second-order valence-electron chi connectivity index (χ2n) is 6.32. The summed E-state index contributed by atoms with van der Waals surface area (Å²) in [6.07, 6.45) is 5.57. The van der Waals surface area contributed by atoms with Gasteiger partial charge in [0.15, 0.2) is 5.65 Å². The molecule has 0 saturated heterocycles. The minimum absolute atomic E-state index is 0.0520. The summed E-state index contributed by atoms with van der Waals surface area (Å²) >= 11 is 0. The molecule has 1 saturated carbocycles. The van der Waals surface area contributed by atoms with Crippen molar-refractivity contribution in [1.29, 1.82) is 0 Å². The van der Waals surface area contributed by atoms with Crippen molar-refractivity contribution < 1.29 is 4.39 Å². The second kappa shape index (κ2) is 5.33. The Morgan fingerprint density at radius 1 is 1.35 bits per heavy atom. The van der Waals surface area contributed by atoms with Crippen LogP contribution in [0.25, 0.3) is 5.65 Å². The molecule has 4 nitrogen and oxygen atoms in total. The van der Waals surface area contributed by atoms with E-state index in [1.165, 1.54) is 17.0 Å². The van der Waals surface area contributed by atoms with Crippen LogP contribution in [-0.2, 0) is 6.42 Å². The van der Waals surface area contributed by atoms with Gasteiger partial charge in [-0.25, -0.2) is 13.9 Å². The molecule has 2 heterocycles. The van der Waals surface area contributed by atoms with Crippen LogP contribution in [0.15, 0.2) is 35.3 Å². The van der Waals surface area contributed by atoms with Gasteiger partial charge < -0.3 is 0 Å². The molecule has 1 aromatic carbocycles. The molecule has 0 radical (unpaired) electrons. The first-order chi connectivity index (χ1) is 11.1. The molecule has 1 aliphatic carbocycles. The van der Waals surface area contributed by atoms with Crippen molar-refractivity contribution in [2.24, 2.45) is 0 Å². The van der Waals surface area contributed by atoms with Crippen molar-refractivity contribution in [3.05, 3.63) is 69.0 Å². The lowest BCUT2D eigenvalue weighted by atomic mass is 9.80. The maximum atomic E-state index is 13.5. The fourth-order valence-electron chi connectivity index (χ4n) is 3.22. The van der Waals surface area contributed by atoms with E-state index in [2.05, 4.69) is 5.10 Å². The summed E-state index contributed by atoms with van der Waals surface area (Å²) in [5, 5.41) is 2.92. The Balaban J connectivity index is 1.84. The SMILES string of the molecule is Cc1cc(Cc2c(C3CCC3)nc3cc[nH]n3c2=O)ccc1F. The number of aryl methyl sites for hydroxylation is 1. The van der Waals surface area contributed by atoms with Crippen LogP contribution < -0.4 is 5.56 Å². The normalized spacial score (nSPS) is 15.0. The number of aromatic amines is 1. The lowest BCUT2D eigenvalue weighted by Crippen LogP contribution is -2.26. The van der Waals surface area contributed by atoms with Gasteiger partial charge in [-0.3, -0.25) is 9.89 Å². The summed E-state index contributed by atoms with van der Waals surface area (Å²) in [6.45, 7) is 1.74. The van der Waals surface area contributed by atoms with Crippen molar-refractivity contribution in [3.8, 4) is 0 Å². The predicted octanol–water partition coefficient (Wildman–Crippen LogP) is 3.33.